The molecule has 92 valence electrons. The zero-order valence-corrected chi connectivity index (χ0v) is 10.1. The third-order valence-corrected chi connectivity index (χ3v) is 2.35. The number of rotatable bonds is 5. The van der Waals surface area contributed by atoms with Gasteiger partial charge in [-0.05, 0) is 24.1 Å². The number of aromatic nitrogens is 1. The topological polar surface area (TPSA) is 62.2 Å². The molecule has 1 amide bonds. The van der Waals surface area contributed by atoms with E-state index in [2.05, 4.69) is 10.3 Å². The number of carbonyl (C=O) groups is 1. The minimum absolute atomic E-state index is 0.134. The van der Waals surface area contributed by atoms with E-state index in [1.54, 1.807) is 12.3 Å². The lowest BCUT2D eigenvalue weighted by molar-refractivity contribution is -0.117. The molecule has 0 aliphatic heterocycles. The molecule has 1 unspecified atom stereocenters. The minimum Gasteiger partial charge on any atom is -0.391 e. The highest BCUT2D eigenvalue weighted by Gasteiger charge is 2.09. The zero-order chi connectivity index (χ0) is 12.7. The second-order valence-corrected chi connectivity index (χ2v) is 4.14. The molecule has 2 N–H and O–H groups in total. The van der Waals surface area contributed by atoms with Crippen molar-refractivity contribution in [3.63, 3.8) is 0 Å². The average Bonchev–Trinajstić information content (AvgIpc) is 2.34. The summed E-state index contributed by atoms with van der Waals surface area (Å²) in [6.45, 7) is 4.07. The molecule has 0 fully saturated rings. The molecule has 0 aromatic carbocycles. The number of nitrogens with one attached hydrogen (secondary N) is 1. The highest BCUT2D eigenvalue weighted by molar-refractivity contribution is 5.91. The zero-order valence-electron chi connectivity index (χ0n) is 10.1. The lowest BCUT2D eigenvalue weighted by Crippen LogP contribution is -2.33. The van der Waals surface area contributed by atoms with Gasteiger partial charge in [0.15, 0.2) is 0 Å². The normalized spacial score (nSPS) is 12.9. The summed E-state index contributed by atoms with van der Waals surface area (Å²) in [6.07, 6.45) is 4.20. The van der Waals surface area contributed by atoms with Crippen LogP contribution in [-0.4, -0.2) is 28.6 Å². The van der Waals surface area contributed by atoms with Crippen LogP contribution in [0.15, 0.2) is 30.5 Å². The Balaban J connectivity index is 2.37. The van der Waals surface area contributed by atoms with Gasteiger partial charge >= 0.3 is 0 Å². The van der Waals surface area contributed by atoms with Gasteiger partial charge in [0.1, 0.15) is 0 Å². The first-order chi connectivity index (χ1) is 8.09. The quantitative estimate of drug-likeness (QED) is 0.753. The van der Waals surface area contributed by atoms with Crippen LogP contribution < -0.4 is 5.32 Å². The first kappa shape index (κ1) is 13.4. The maximum absolute atomic E-state index is 11.4. The Bertz CT molecular complexity index is 374. The maximum atomic E-state index is 11.4. The fraction of sp³-hybridized carbons (Fsp3) is 0.385. The molecule has 0 aliphatic rings. The molecule has 0 saturated heterocycles. The van der Waals surface area contributed by atoms with Crippen LogP contribution in [0.2, 0.25) is 0 Å². The third kappa shape index (κ3) is 5.26. The largest absolute Gasteiger partial charge is 0.391 e. The number of aliphatic hydroxyl groups excluding tert-OH is 1. The smallest absolute Gasteiger partial charge is 0.244 e. The van der Waals surface area contributed by atoms with Crippen LogP contribution in [0.4, 0.5) is 0 Å². The number of carbonyl (C=O) groups excluding carboxylic acids is 1. The number of hydrogen-bond acceptors (Lipinski definition) is 3. The summed E-state index contributed by atoms with van der Waals surface area (Å²) in [5, 5.41) is 12.1. The summed E-state index contributed by atoms with van der Waals surface area (Å²) in [5.41, 5.74) is 0.729. The highest BCUT2D eigenvalue weighted by Crippen LogP contribution is 1.99. The van der Waals surface area contributed by atoms with E-state index in [0.717, 1.165) is 5.69 Å². The predicted molar refractivity (Wildman–Crippen MR) is 67.1 cm³/mol. The summed E-state index contributed by atoms with van der Waals surface area (Å²) < 4.78 is 0. The number of amides is 1. The van der Waals surface area contributed by atoms with E-state index < -0.39 is 6.10 Å². The van der Waals surface area contributed by atoms with Gasteiger partial charge in [0, 0.05) is 18.8 Å². The van der Waals surface area contributed by atoms with Crippen LogP contribution in [0.25, 0.3) is 6.08 Å². The van der Waals surface area contributed by atoms with E-state index in [1.807, 2.05) is 32.0 Å². The molecule has 1 heterocycles. The summed E-state index contributed by atoms with van der Waals surface area (Å²) >= 11 is 0. The van der Waals surface area contributed by atoms with Crippen LogP contribution in [0.5, 0.6) is 0 Å². The lowest BCUT2D eigenvalue weighted by atomic mass is 10.1. The molecule has 4 nitrogen and oxygen atoms in total. The van der Waals surface area contributed by atoms with Crippen molar-refractivity contribution in [2.24, 2.45) is 5.92 Å². The Hall–Kier alpha value is -1.68. The SMILES string of the molecule is CC(C)C(O)CNC(=O)/C=C/c1ccccn1. The number of aliphatic hydroxyl groups is 1. The average molecular weight is 234 g/mol. The molecule has 17 heavy (non-hydrogen) atoms. The number of hydrogen-bond donors (Lipinski definition) is 2. The molecule has 0 radical (unpaired) electrons. The van der Waals surface area contributed by atoms with E-state index in [9.17, 15) is 9.90 Å². The van der Waals surface area contributed by atoms with Crippen molar-refractivity contribution in [2.75, 3.05) is 6.54 Å². The maximum Gasteiger partial charge on any atom is 0.244 e. The molecule has 4 heteroatoms. The second-order valence-electron chi connectivity index (χ2n) is 4.14. The summed E-state index contributed by atoms with van der Waals surface area (Å²) in [6, 6.07) is 5.48. The van der Waals surface area contributed by atoms with Crippen LogP contribution in [0.3, 0.4) is 0 Å². The van der Waals surface area contributed by atoms with Crippen molar-refractivity contribution in [1.29, 1.82) is 0 Å². The molecule has 1 rings (SSSR count). The Morgan fingerprint density at radius 3 is 2.88 bits per heavy atom. The van der Waals surface area contributed by atoms with Gasteiger partial charge in [-0.2, -0.15) is 0 Å². The molecular formula is C13H18N2O2. The summed E-state index contributed by atoms with van der Waals surface area (Å²) in [5.74, 6) is -0.0922. The fourth-order valence-corrected chi connectivity index (χ4v) is 1.14. The fourth-order valence-electron chi connectivity index (χ4n) is 1.14. The monoisotopic (exact) mass is 234 g/mol. The van der Waals surface area contributed by atoms with Crippen molar-refractivity contribution >= 4 is 12.0 Å². The standard InChI is InChI=1S/C13H18N2O2/c1-10(2)12(16)9-15-13(17)7-6-11-5-3-4-8-14-11/h3-8,10,12,16H,9H2,1-2H3,(H,15,17)/b7-6+. The predicted octanol–water partition coefficient (Wildman–Crippen LogP) is 1.23. The van der Waals surface area contributed by atoms with Crippen LogP contribution in [-0.2, 0) is 4.79 Å². The first-order valence-electron chi connectivity index (χ1n) is 5.64. The number of nitrogens with zero attached hydrogens (tertiary/aromatic N) is 1. The van der Waals surface area contributed by atoms with Gasteiger partial charge in [0.05, 0.1) is 11.8 Å². The van der Waals surface area contributed by atoms with Crippen LogP contribution in [0, 0.1) is 5.92 Å². The molecular weight excluding hydrogens is 216 g/mol. The molecule has 0 aliphatic carbocycles. The molecule has 0 saturated carbocycles. The van der Waals surface area contributed by atoms with Gasteiger partial charge in [-0.15, -0.1) is 0 Å². The Morgan fingerprint density at radius 2 is 2.29 bits per heavy atom. The van der Waals surface area contributed by atoms with E-state index in [-0.39, 0.29) is 18.4 Å². The summed E-state index contributed by atoms with van der Waals surface area (Å²) in [7, 11) is 0. The Kier molecular flexibility index (Phi) is 5.36. The van der Waals surface area contributed by atoms with Crippen molar-refractivity contribution in [3.8, 4) is 0 Å². The summed E-state index contributed by atoms with van der Waals surface area (Å²) in [4.78, 5) is 15.5. The Morgan fingerprint density at radius 1 is 1.53 bits per heavy atom. The van der Waals surface area contributed by atoms with E-state index in [1.165, 1.54) is 6.08 Å². The molecule has 1 aromatic rings. The van der Waals surface area contributed by atoms with Gasteiger partial charge in [-0.25, -0.2) is 0 Å². The van der Waals surface area contributed by atoms with Crippen LogP contribution in [0.1, 0.15) is 19.5 Å². The minimum atomic E-state index is -0.512. The number of pyridine rings is 1. The molecule has 0 bridgehead atoms. The van der Waals surface area contributed by atoms with Crippen LogP contribution >= 0.6 is 0 Å². The molecule has 0 spiro atoms. The third-order valence-electron chi connectivity index (χ3n) is 2.35. The lowest BCUT2D eigenvalue weighted by Gasteiger charge is -2.13. The first-order valence-corrected chi connectivity index (χ1v) is 5.64. The van der Waals surface area contributed by atoms with Crippen molar-refractivity contribution in [1.82, 2.24) is 10.3 Å². The molecule has 1 atom stereocenters. The van der Waals surface area contributed by atoms with Gasteiger partial charge < -0.3 is 10.4 Å². The van der Waals surface area contributed by atoms with Crippen molar-refractivity contribution < 1.29 is 9.90 Å². The van der Waals surface area contributed by atoms with Gasteiger partial charge in [0.2, 0.25) is 5.91 Å². The van der Waals surface area contributed by atoms with Crippen molar-refractivity contribution in [2.45, 2.75) is 20.0 Å². The van der Waals surface area contributed by atoms with E-state index in [4.69, 9.17) is 0 Å². The highest BCUT2D eigenvalue weighted by atomic mass is 16.3. The van der Waals surface area contributed by atoms with E-state index >= 15 is 0 Å². The second kappa shape index (κ2) is 6.81. The van der Waals surface area contributed by atoms with E-state index in [0.29, 0.717) is 0 Å². The van der Waals surface area contributed by atoms with Gasteiger partial charge in [-0.1, -0.05) is 19.9 Å². The molecule has 1 aromatic heterocycles. The van der Waals surface area contributed by atoms with Gasteiger partial charge in [-0.3, -0.25) is 9.78 Å². The van der Waals surface area contributed by atoms with Gasteiger partial charge in [0.25, 0.3) is 0 Å². The Labute approximate surface area is 101 Å². The van der Waals surface area contributed by atoms with Crippen molar-refractivity contribution in [3.05, 3.63) is 36.2 Å².